The fourth-order valence-corrected chi connectivity index (χ4v) is 3.04. The number of nitrogens with zero attached hydrogens (tertiary/aromatic N) is 5. The fraction of sp³-hybridized carbons (Fsp3) is 0.167. The molecule has 154 valence electrons. The first-order chi connectivity index (χ1) is 14.2. The summed E-state index contributed by atoms with van der Waals surface area (Å²) in [5, 5.41) is 12.8. The van der Waals surface area contributed by atoms with Gasteiger partial charge in [0.2, 0.25) is 11.6 Å². The number of nitrogens with one attached hydrogen (secondary N) is 1. The van der Waals surface area contributed by atoms with Gasteiger partial charge in [0.15, 0.2) is 5.75 Å². The van der Waals surface area contributed by atoms with Crippen LogP contribution in [0.15, 0.2) is 34.0 Å². The summed E-state index contributed by atoms with van der Waals surface area (Å²) in [6.45, 7) is 0. The van der Waals surface area contributed by atoms with E-state index in [4.69, 9.17) is 37.9 Å². The molecule has 10 nitrogen and oxygen atoms in total. The molecule has 0 spiro atoms. The van der Waals surface area contributed by atoms with E-state index >= 15 is 0 Å². The Hall–Kier alpha value is -3.55. The van der Waals surface area contributed by atoms with Crippen LogP contribution >= 0.6 is 23.2 Å². The standard InChI is InChI=1S/C18H14Cl2N6O4/c1-25(2)14-6-10(8-22-17(14)29-3)30-15-11(19)4-9(5-12(15)20)26-18(28)23-16(27)13(7-21)24-26/h4-6,8H,1-3H3,(H,23,27,28). The molecule has 3 aromatic rings. The van der Waals surface area contributed by atoms with Crippen LogP contribution in [0.25, 0.3) is 5.69 Å². The Bertz CT molecular complexity index is 1260. The van der Waals surface area contributed by atoms with Gasteiger partial charge in [0, 0.05) is 20.2 Å². The Morgan fingerprint density at radius 3 is 2.43 bits per heavy atom. The maximum Gasteiger partial charge on any atom is 0.349 e. The van der Waals surface area contributed by atoms with Crippen molar-refractivity contribution in [3.63, 3.8) is 0 Å². The molecule has 0 saturated heterocycles. The Morgan fingerprint density at radius 2 is 1.87 bits per heavy atom. The smallest absolute Gasteiger partial charge is 0.349 e. The molecule has 0 unspecified atom stereocenters. The van der Waals surface area contributed by atoms with E-state index in [2.05, 4.69) is 10.1 Å². The number of hydrogen-bond acceptors (Lipinski definition) is 8. The van der Waals surface area contributed by atoms with Crippen molar-refractivity contribution in [2.75, 3.05) is 26.1 Å². The number of aromatic nitrogens is 4. The Morgan fingerprint density at radius 1 is 1.20 bits per heavy atom. The van der Waals surface area contributed by atoms with Gasteiger partial charge in [-0.05, 0) is 12.1 Å². The highest BCUT2D eigenvalue weighted by atomic mass is 35.5. The molecule has 0 bridgehead atoms. The second kappa shape index (κ2) is 8.44. The van der Waals surface area contributed by atoms with Crippen LogP contribution in [-0.4, -0.2) is 41.0 Å². The molecule has 2 heterocycles. The molecule has 30 heavy (non-hydrogen) atoms. The van der Waals surface area contributed by atoms with E-state index in [0.717, 1.165) is 4.68 Å². The number of nitriles is 1. The van der Waals surface area contributed by atoms with Crippen LogP contribution in [0.4, 0.5) is 5.69 Å². The van der Waals surface area contributed by atoms with E-state index in [0.29, 0.717) is 17.3 Å². The van der Waals surface area contributed by atoms with E-state index in [-0.39, 0.29) is 21.5 Å². The normalized spacial score (nSPS) is 10.4. The summed E-state index contributed by atoms with van der Waals surface area (Å²) in [5.41, 5.74) is -1.42. The third-order valence-corrected chi connectivity index (χ3v) is 4.43. The lowest BCUT2D eigenvalue weighted by molar-refractivity contribution is 0.395. The number of pyridine rings is 1. The van der Waals surface area contributed by atoms with Gasteiger partial charge in [0.25, 0.3) is 5.56 Å². The number of hydrogen-bond donors (Lipinski definition) is 1. The van der Waals surface area contributed by atoms with E-state index < -0.39 is 16.9 Å². The Balaban J connectivity index is 2.03. The van der Waals surface area contributed by atoms with Gasteiger partial charge < -0.3 is 14.4 Å². The van der Waals surface area contributed by atoms with Gasteiger partial charge in [-0.2, -0.15) is 9.94 Å². The zero-order valence-electron chi connectivity index (χ0n) is 15.9. The maximum absolute atomic E-state index is 12.1. The SMILES string of the molecule is COc1ncc(Oc2c(Cl)cc(-n3nc(C#N)c(=O)[nH]c3=O)cc2Cl)cc1N(C)C. The van der Waals surface area contributed by atoms with Crippen molar-refractivity contribution < 1.29 is 9.47 Å². The van der Waals surface area contributed by atoms with Gasteiger partial charge in [-0.1, -0.05) is 23.2 Å². The monoisotopic (exact) mass is 448 g/mol. The average molecular weight is 449 g/mol. The second-order valence-electron chi connectivity index (χ2n) is 6.07. The van der Waals surface area contributed by atoms with E-state index in [1.165, 1.54) is 25.4 Å². The van der Waals surface area contributed by atoms with E-state index in [9.17, 15) is 9.59 Å². The molecular weight excluding hydrogens is 435 g/mol. The van der Waals surface area contributed by atoms with Gasteiger partial charge in [-0.3, -0.25) is 9.78 Å². The van der Waals surface area contributed by atoms with E-state index in [1.54, 1.807) is 17.0 Å². The predicted octanol–water partition coefficient (Wildman–Crippen LogP) is 2.36. The number of ether oxygens (including phenoxy) is 2. The highest BCUT2D eigenvalue weighted by Crippen LogP contribution is 2.39. The van der Waals surface area contributed by atoms with E-state index in [1.807, 2.05) is 19.1 Å². The molecule has 0 aliphatic heterocycles. The molecule has 0 atom stereocenters. The summed E-state index contributed by atoms with van der Waals surface area (Å²) in [6.07, 6.45) is 1.44. The fourth-order valence-electron chi connectivity index (χ4n) is 2.49. The summed E-state index contributed by atoms with van der Waals surface area (Å²) in [4.78, 5) is 31.6. The maximum atomic E-state index is 12.1. The van der Waals surface area contributed by atoms with Crippen molar-refractivity contribution in [2.45, 2.75) is 0 Å². The van der Waals surface area contributed by atoms with Crippen molar-refractivity contribution in [1.29, 1.82) is 5.26 Å². The summed E-state index contributed by atoms with van der Waals surface area (Å²) in [7, 11) is 5.15. The third kappa shape index (κ3) is 4.07. The van der Waals surface area contributed by atoms with Gasteiger partial charge >= 0.3 is 5.69 Å². The minimum atomic E-state index is -0.889. The van der Waals surface area contributed by atoms with Crippen LogP contribution in [0.3, 0.4) is 0 Å². The molecule has 0 aliphatic rings. The molecule has 0 amide bonds. The summed E-state index contributed by atoms with van der Waals surface area (Å²) >= 11 is 12.6. The summed E-state index contributed by atoms with van der Waals surface area (Å²) < 4.78 is 11.8. The first-order valence-corrected chi connectivity index (χ1v) is 9.03. The van der Waals surface area contributed by atoms with Crippen LogP contribution in [0.5, 0.6) is 17.4 Å². The summed E-state index contributed by atoms with van der Waals surface area (Å²) in [5.74, 6) is 0.885. The number of rotatable bonds is 5. The molecule has 0 radical (unpaired) electrons. The quantitative estimate of drug-likeness (QED) is 0.629. The van der Waals surface area contributed by atoms with Crippen LogP contribution < -0.4 is 25.6 Å². The van der Waals surface area contributed by atoms with Crippen molar-refractivity contribution in [1.82, 2.24) is 19.7 Å². The van der Waals surface area contributed by atoms with Gasteiger partial charge in [0.05, 0.1) is 29.0 Å². The minimum Gasteiger partial charge on any atom is -0.480 e. The van der Waals surface area contributed by atoms with Crippen molar-refractivity contribution in [3.8, 4) is 29.1 Å². The largest absolute Gasteiger partial charge is 0.480 e. The molecule has 2 aromatic heterocycles. The molecule has 0 fully saturated rings. The first-order valence-electron chi connectivity index (χ1n) is 8.27. The molecule has 3 rings (SSSR count). The van der Waals surface area contributed by atoms with Crippen LogP contribution in [0, 0.1) is 11.3 Å². The lowest BCUT2D eigenvalue weighted by Crippen LogP contribution is -2.33. The Kier molecular flexibility index (Phi) is 5.96. The van der Waals surface area contributed by atoms with Gasteiger partial charge in [-0.15, -0.1) is 5.10 Å². The highest BCUT2D eigenvalue weighted by molar-refractivity contribution is 6.37. The second-order valence-corrected chi connectivity index (χ2v) is 6.88. The topological polar surface area (TPSA) is 126 Å². The third-order valence-electron chi connectivity index (χ3n) is 3.86. The number of halogens is 2. The first kappa shape index (κ1) is 21.2. The Labute approximate surface area is 179 Å². The zero-order chi connectivity index (χ0) is 22.0. The van der Waals surface area contributed by atoms with Crippen LogP contribution in [0.1, 0.15) is 5.69 Å². The molecule has 0 aliphatic carbocycles. The minimum absolute atomic E-state index is 0.0677. The lowest BCUT2D eigenvalue weighted by Gasteiger charge is -2.17. The molecular formula is C18H14Cl2N6O4. The average Bonchev–Trinajstić information content (AvgIpc) is 2.70. The molecule has 12 heteroatoms. The van der Waals surface area contributed by atoms with Crippen molar-refractivity contribution in [3.05, 3.63) is 61.0 Å². The van der Waals surface area contributed by atoms with Gasteiger partial charge in [-0.25, -0.2) is 9.78 Å². The predicted molar refractivity (Wildman–Crippen MR) is 110 cm³/mol. The molecule has 0 saturated carbocycles. The lowest BCUT2D eigenvalue weighted by atomic mass is 10.3. The number of methoxy groups -OCH3 is 1. The molecule has 1 aromatic carbocycles. The number of H-pyrrole nitrogens is 1. The molecule has 1 N–H and O–H groups in total. The van der Waals surface area contributed by atoms with Crippen LogP contribution in [-0.2, 0) is 0 Å². The number of aromatic amines is 1. The zero-order valence-corrected chi connectivity index (χ0v) is 17.4. The van der Waals surface area contributed by atoms with Gasteiger partial charge in [0.1, 0.15) is 17.5 Å². The van der Waals surface area contributed by atoms with Crippen molar-refractivity contribution in [2.24, 2.45) is 0 Å². The summed E-state index contributed by atoms with van der Waals surface area (Å²) in [6, 6.07) is 6.02. The number of benzene rings is 1. The number of anilines is 1. The van der Waals surface area contributed by atoms with Crippen LogP contribution in [0.2, 0.25) is 10.0 Å². The van der Waals surface area contributed by atoms with Crippen molar-refractivity contribution >= 4 is 28.9 Å². The highest BCUT2D eigenvalue weighted by Gasteiger charge is 2.16.